The Morgan fingerprint density at radius 3 is 2.83 bits per heavy atom. The Kier molecular flexibility index (Phi) is 3.58. The molecular formula is C15H17N7S. The van der Waals surface area contributed by atoms with E-state index in [0.29, 0.717) is 17.4 Å². The molecule has 0 amide bonds. The average Bonchev–Trinajstić information content (AvgIpc) is 3.32. The quantitative estimate of drug-likeness (QED) is 0.850. The topological polar surface area (TPSA) is 81.8 Å². The minimum absolute atomic E-state index is 0.289. The maximum atomic E-state index is 9.20. The predicted octanol–water partition coefficient (Wildman–Crippen LogP) is 1.79. The van der Waals surface area contributed by atoms with Crippen molar-refractivity contribution in [3.05, 3.63) is 23.9 Å². The van der Waals surface area contributed by atoms with Gasteiger partial charge in [-0.1, -0.05) is 0 Å². The lowest BCUT2D eigenvalue weighted by Crippen LogP contribution is -2.52. The van der Waals surface area contributed by atoms with E-state index in [1.807, 2.05) is 0 Å². The Bertz CT molecular complexity index is 748. The first-order valence-corrected chi connectivity index (χ1v) is 8.60. The second-order valence-corrected chi connectivity index (χ2v) is 6.77. The SMILES string of the molecule is CC1CN(c2nccnc2C#N)CCN1c1nc(C2CC2)ns1. The Hall–Kier alpha value is -2.27. The molecule has 0 bridgehead atoms. The molecule has 23 heavy (non-hydrogen) atoms. The van der Waals surface area contributed by atoms with Crippen molar-refractivity contribution < 1.29 is 0 Å². The van der Waals surface area contributed by atoms with Crippen molar-refractivity contribution in [2.45, 2.75) is 31.7 Å². The number of hydrogen-bond donors (Lipinski definition) is 0. The average molecular weight is 327 g/mol. The Morgan fingerprint density at radius 2 is 2.09 bits per heavy atom. The molecule has 0 spiro atoms. The molecule has 0 radical (unpaired) electrons. The zero-order valence-corrected chi connectivity index (χ0v) is 13.7. The molecule has 0 aromatic carbocycles. The molecule has 2 fully saturated rings. The molecule has 3 heterocycles. The van der Waals surface area contributed by atoms with Gasteiger partial charge in [-0.05, 0) is 19.8 Å². The molecule has 4 rings (SSSR count). The van der Waals surface area contributed by atoms with Gasteiger partial charge in [0.15, 0.2) is 11.5 Å². The highest BCUT2D eigenvalue weighted by molar-refractivity contribution is 7.09. The molecule has 2 aliphatic rings. The fourth-order valence-electron chi connectivity index (χ4n) is 2.93. The molecule has 2 aromatic rings. The zero-order chi connectivity index (χ0) is 15.8. The first-order chi connectivity index (χ1) is 11.3. The summed E-state index contributed by atoms with van der Waals surface area (Å²) in [7, 11) is 0. The number of nitriles is 1. The van der Waals surface area contributed by atoms with Gasteiger partial charge in [-0.15, -0.1) is 0 Å². The molecule has 1 saturated heterocycles. The predicted molar refractivity (Wildman–Crippen MR) is 87.7 cm³/mol. The smallest absolute Gasteiger partial charge is 0.205 e. The van der Waals surface area contributed by atoms with Crippen molar-refractivity contribution in [2.24, 2.45) is 0 Å². The summed E-state index contributed by atoms with van der Waals surface area (Å²) in [4.78, 5) is 17.6. The van der Waals surface area contributed by atoms with Crippen molar-refractivity contribution in [3.8, 4) is 6.07 Å². The third kappa shape index (κ3) is 2.72. The van der Waals surface area contributed by atoms with Gasteiger partial charge in [-0.3, -0.25) is 0 Å². The van der Waals surface area contributed by atoms with Crippen LogP contribution in [0, 0.1) is 11.3 Å². The first-order valence-electron chi connectivity index (χ1n) is 7.82. The van der Waals surface area contributed by atoms with Gasteiger partial charge in [0.2, 0.25) is 5.13 Å². The number of hydrogen-bond acceptors (Lipinski definition) is 8. The van der Waals surface area contributed by atoms with Crippen LogP contribution in [-0.2, 0) is 0 Å². The van der Waals surface area contributed by atoms with E-state index in [9.17, 15) is 5.26 Å². The third-order valence-corrected chi connectivity index (χ3v) is 5.10. The van der Waals surface area contributed by atoms with E-state index in [1.54, 1.807) is 12.4 Å². The molecular weight excluding hydrogens is 310 g/mol. The van der Waals surface area contributed by atoms with Gasteiger partial charge in [-0.2, -0.15) is 9.64 Å². The van der Waals surface area contributed by atoms with Crippen molar-refractivity contribution in [2.75, 3.05) is 29.4 Å². The van der Waals surface area contributed by atoms with Gasteiger partial charge in [0.25, 0.3) is 0 Å². The number of rotatable bonds is 3. The lowest BCUT2D eigenvalue weighted by Gasteiger charge is -2.40. The zero-order valence-electron chi connectivity index (χ0n) is 12.9. The Morgan fingerprint density at radius 1 is 1.26 bits per heavy atom. The van der Waals surface area contributed by atoms with Crippen molar-refractivity contribution >= 4 is 22.5 Å². The molecule has 8 heteroatoms. The van der Waals surface area contributed by atoms with Crippen LogP contribution >= 0.6 is 11.5 Å². The van der Waals surface area contributed by atoms with Crippen LogP contribution in [-0.4, -0.2) is 45.0 Å². The molecule has 0 N–H and O–H groups in total. The molecule has 1 saturated carbocycles. The van der Waals surface area contributed by atoms with Gasteiger partial charge in [0, 0.05) is 55.5 Å². The summed E-state index contributed by atoms with van der Waals surface area (Å²) in [5, 5.41) is 10.2. The Balaban J connectivity index is 1.50. The summed E-state index contributed by atoms with van der Waals surface area (Å²) < 4.78 is 4.50. The van der Waals surface area contributed by atoms with Crippen LogP contribution in [0.1, 0.15) is 37.2 Å². The van der Waals surface area contributed by atoms with Crippen LogP contribution in [0.4, 0.5) is 10.9 Å². The minimum atomic E-state index is 0.289. The summed E-state index contributed by atoms with van der Waals surface area (Å²) in [6.45, 7) is 4.62. The standard InChI is InChI=1S/C15H17N7S/c1-10-9-21(14-12(8-16)17-4-5-18-14)6-7-22(10)15-19-13(20-23-15)11-2-3-11/h4-5,10-11H,2-3,6-7,9H2,1H3. The minimum Gasteiger partial charge on any atom is -0.350 e. The Labute approximate surface area is 138 Å². The lowest BCUT2D eigenvalue weighted by molar-refractivity contribution is 0.545. The second-order valence-electron chi connectivity index (χ2n) is 6.04. The summed E-state index contributed by atoms with van der Waals surface area (Å²) in [6, 6.07) is 2.41. The van der Waals surface area contributed by atoms with Gasteiger partial charge in [-0.25, -0.2) is 15.0 Å². The molecule has 1 unspecified atom stereocenters. The van der Waals surface area contributed by atoms with Crippen LogP contribution in [0.5, 0.6) is 0 Å². The van der Waals surface area contributed by atoms with E-state index in [-0.39, 0.29) is 6.04 Å². The normalized spacial score (nSPS) is 21.3. The summed E-state index contributed by atoms with van der Waals surface area (Å²) in [6.07, 6.45) is 5.65. The van der Waals surface area contributed by atoms with Crippen molar-refractivity contribution in [3.63, 3.8) is 0 Å². The fourth-order valence-corrected chi connectivity index (χ4v) is 3.80. The van der Waals surface area contributed by atoms with Gasteiger partial charge in [0.1, 0.15) is 11.9 Å². The maximum Gasteiger partial charge on any atom is 0.205 e. The second kappa shape index (κ2) is 5.74. The number of piperazine rings is 1. The van der Waals surface area contributed by atoms with E-state index in [0.717, 1.165) is 30.6 Å². The molecule has 7 nitrogen and oxygen atoms in total. The van der Waals surface area contributed by atoms with E-state index < -0.39 is 0 Å². The molecule has 1 aliphatic heterocycles. The summed E-state index contributed by atoms with van der Waals surface area (Å²) >= 11 is 1.50. The van der Waals surface area contributed by atoms with Crippen LogP contribution in [0.15, 0.2) is 12.4 Å². The number of anilines is 2. The largest absolute Gasteiger partial charge is 0.350 e. The first kappa shape index (κ1) is 14.3. The fraction of sp³-hybridized carbons (Fsp3) is 0.533. The van der Waals surface area contributed by atoms with Gasteiger partial charge < -0.3 is 9.80 Å². The van der Waals surface area contributed by atoms with Crippen LogP contribution < -0.4 is 9.80 Å². The van der Waals surface area contributed by atoms with Crippen molar-refractivity contribution in [1.29, 1.82) is 5.26 Å². The summed E-state index contributed by atoms with van der Waals surface area (Å²) in [5.74, 6) is 2.28. The van der Waals surface area contributed by atoms with E-state index in [1.165, 1.54) is 24.4 Å². The molecule has 1 atom stereocenters. The third-order valence-electron chi connectivity index (χ3n) is 4.33. The van der Waals surface area contributed by atoms with Crippen LogP contribution in [0.2, 0.25) is 0 Å². The van der Waals surface area contributed by atoms with E-state index in [4.69, 9.17) is 4.98 Å². The number of aromatic nitrogens is 4. The van der Waals surface area contributed by atoms with E-state index in [2.05, 4.69) is 37.1 Å². The van der Waals surface area contributed by atoms with Crippen LogP contribution in [0.3, 0.4) is 0 Å². The highest BCUT2D eigenvalue weighted by atomic mass is 32.1. The number of nitrogens with zero attached hydrogens (tertiary/aromatic N) is 7. The highest BCUT2D eigenvalue weighted by Crippen LogP contribution is 2.40. The van der Waals surface area contributed by atoms with Gasteiger partial charge in [0.05, 0.1) is 0 Å². The maximum absolute atomic E-state index is 9.20. The molecule has 118 valence electrons. The van der Waals surface area contributed by atoms with Crippen LogP contribution in [0.25, 0.3) is 0 Å². The van der Waals surface area contributed by atoms with Crippen molar-refractivity contribution in [1.82, 2.24) is 19.3 Å². The molecule has 1 aliphatic carbocycles. The van der Waals surface area contributed by atoms with E-state index >= 15 is 0 Å². The lowest BCUT2D eigenvalue weighted by atomic mass is 10.2. The monoisotopic (exact) mass is 327 g/mol. The molecule has 2 aromatic heterocycles. The highest BCUT2D eigenvalue weighted by Gasteiger charge is 2.31. The summed E-state index contributed by atoms with van der Waals surface area (Å²) in [5.41, 5.74) is 0.389. The van der Waals surface area contributed by atoms with Gasteiger partial charge >= 0.3 is 0 Å².